The predicted octanol–water partition coefficient (Wildman–Crippen LogP) is 3.57. The molecule has 0 aliphatic rings. The molecule has 0 fully saturated rings. The van der Waals surface area contributed by atoms with E-state index in [1.54, 1.807) is 11.6 Å². The highest BCUT2D eigenvalue weighted by Gasteiger charge is 2.26. The molecular weight excluding hydrogens is 346 g/mol. The van der Waals surface area contributed by atoms with Crippen LogP contribution in [0.15, 0.2) is 43.8 Å². The lowest BCUT2D eigenvalue weighted by atomic mass is 10.5. The summed E-state index contributed by atoms with van der Waals surface area (Å²) in [5.41, 5.74) is 0. The molecule has 4 aromatic heterocycles. The van der Waals surface area contributed by atoms with Crippen molar-refractivity contribution < 1.29 is 9.34 Å². The summed E-state index contributed by atoms with van der Waals surface area (Å²) in [7, 11) is 0. The molecule has 0 unspecified atom stereocenters. The molecule has 110 valence electrons. The first-order valence-electron chi connectivity index (χ1n) is 5.87. The molecule has 0 aliphatic carbocycles. The van der Waals surface area contributed by atoms with E-state index < -0.39 is 4.92 Å². The first-order valence-corrected chi connectivity index (χ1v) is 8.45. The van der Waals surface area contributed by atoms with Gasteiger partial charge in [-0.3, -0.25) is 0 Å². The highest BCUT2D eigenvalue weighted by Crippen LogP contribution is 2.36. The number of hydrogen-bond acceptors (Lipinski definition) is 9. The van der Waals surface area contributed by atoms with Gasteiger partial charge in [0.05, 0.1) is 4.88 Å². The summed E-state index contributed by atoms with van der Waals surface area (Å²) < 4.78 is 6.96. The summed E-state index contributed by atoms with van der Waals surface area (Å²) in [5.74, 6) is 0.290. The van der Waals surface area contributed by atoms with Gasteiger partial charge < -0.3 is 14.5 Å². The molecule has 0 radical (unpaired) electrons. The Kier molecular flexibility index (Phi) is 3.17. The maximum atomic E-state index is 11.2. The average Bonchev–Trinajstić information content (AvgIpc) is 3.22. The smallest absolute Gasteiger partial charge is 0.363 e. The normalized spacial score (nSPS) is 11.3. The average molecular weight is 351 g/mol. The lowest BCUT2D eigenvalue weighted by molar-refractivity contribution is -0.393. The summed E-state index contributed by atoms with van der Waals surface area (Å²) in [5, 5.41) is 23.2. The van der Waals surface area contributed by atoms with Crippen LogP contribution in [-0.2, 0) is 0 Å². The molecule has 8 nitrogen and oxygen atoms in total. The standard InChI is InChI=1S/C11H5N5O3S3/c17-16(18)9-8(12-10-15(9)3-5-21-10)22-11-14-13-7(19-11)6-2-1-4-20-6/h1-5H. The molecule has 0 atom stereocenters. The van der Waals surface area contributed by atoms with Crippen LogP contribution in [0.3, 0.4) is 0 Å². The Bertz CT molecular complexity index is 955. The minimum atomic E-state index is -0.467. The fourth-order valence-corrected chi connectivity index (χ4v) is 4.00. The monoisotopic (exact) mass is 351 g/mol. The van der Waals surface area contributed by atoms with Crippen molar-refractivity contribution in [2.45, 2.75) is 10.2 Å². The predicted molar refractivity (Wildman–Crippen MR) is 81.5 cm³/mol. The second-order valence-electron chi connectivity index (χ2n) is 4.01. The third kappa shape index (κ3) is 2.19. The number of aromatic nitrogens is 4. The SMILES string of the molecule is O=[N+]([O-])c1c(Sc2nnc(-c3cccs3)o2)nc2sccn12. The Morgan fingerprint density at radius 2 is 2.23 bits per heavy atom. The van der Waals surface area contributed by atoms with Crippen LogP contribution in [0.4, 0.5) is 5.82 Å². The molecule has 22 heavy (non-hydrogen) atoms. The molecule has 0 saturated carbocycles. The molecule has 0 aromatic carbocycles. The van der Waals surface area contributed by atoms with Gasteiger partial charge in [-0.15, -0.1) is 21.5 Å². The van der Waals surface area contributed by atoms with E-state index in [1.165, 1.54) is 27.1 Å². The fraction of sp³-hybridized carbons (Fsp3) is 0. The molecule has 0 saturated heterocycles. The summed E-state index contributed by atoms with van der Waals surface area (Å²) in [6.07, 6.45) is 1.61. The van der Waals surface area contributed by atoms with Gasteiger partial charge in [-0.2, -0.15) is 9.38 Å². The van der Waals surface area contributed by atoms with Crippen molar-refractivity contribution in [2.75, 3.05) is 0 Å². The van der Waals surface area contributed by atoms with Crippen LogP contribution in [0.2, 0.25) is 0 Å². The van der Waals surface area contributed by atoms with Crippen molar-refractivity contribution in [3.8, 4) is 10.8 Å². The molecule has 0 spiro atoms. The Labute approximate surface area is 134 Å². The summed E-state index contributed by atoms with van der Waals surface area (Å²) in [4.78, 5) is 16.4. The van der Waals surface area contributed by atoms with E-state index in [0.29, 0.717) is 10.9 Å². The Morgan fingerprint density at radius 1 is 1.32 bits per heavy atom. The molecule has 0 bridgehead atoms. The minimum Gasteiger partial charge on any atom is -0.410 e. The molecule has 0 N–H and O–H groups in total. The van der Waals surface area contributed by atoms with Crippen LogP contribution < -0.4 is 0 Å². The molecular formula is C11H5N5O3S3. The maximum absolute atomic E-state index is 11.2. The lowest BCUT2D eigenvalue weighted by Crippen LogP contribution is -1.93. The second-order valence-corrected chi connectivity index (χ2v) is 6.77. The van der Waals surface area contributed by atoms with Crippen molar-refractivity contribution in [1.82, 2.24) is 19.6 Å². The summed E-state index contributed by atoms with van der Waals surface area (Å²) >= 11 is 3.79. The van der Waals surface area contributed by atoms with E-state index in [4.69, 9.17) is 4.42 Å². The topological polar surface area (TPSA) is 99.4 Å². The third-order valence-corrected chi connectivity index (χ3v) is 5.12. The zero-order chi connectivity index (χ0) is 15.1. The van der Waals surface area contributed by atoms with Crippen LogP contribution in [0.1, 0.15) is 0 Å². The summed E-state index contributed by atoms with van der Waals surface area (Å²) in [6.45, 7) is 0. The van der Waals surface area contributed by atoms with Crippen LogP contribution >= 0.6 is 34.4 Å². The van der Waals surface area contributed by atoms with Crippen molar-refractivity contribution in [1.29, 1.82) is 0 Å². The Hall–Kier alpha value is -2.24. The van der Waals surface area contributed by atoms with Crippen LogP contribution in [0.25, 0.3) is 15.7 Å². The highest BCUT2D eigenvalue weighted by molar-refractivity contribution is 7.99. The zero-order valence-electron chi connectivity index (χ0n) is 10.6. The Morgan fingerprint density at radius 3 is 3.00 bits per heavy atom. The van der Waals surface area contributed by atoms with Crippen LogP contribution in [-0.4, -0.2) is 24.5 Å². The largest absolute Gasteiger partial charge is 0.410 e. The lowest BCUT2D eigenvalue weighted by Gasteiger charge is -1.94. The van der Waals surface area contributed by atoms with Crippen LogP contribution in [0.5, 0.6) is 0 Å². The van der Waals surface area contributed by atoms with Gasteiger partial charge in [0.1, 0.15) is 6.20 Å². The number of imidazole rings is 1. The molecule has 0 aliphatic heterocycles. The van der Waals surface area contributed by atoms with Crippen molar-refractivity contribution in [3.63, 3.8) is 0 Å². The van der Waals surface area contributed by atoms with Gasteiger partial charge >= 0.3 is 5.82 Å². The van der Waals surface area contributed by atoms with E-state index in [1.807, 2.05) is 17.5 Å². The quantitative estimate of drug-likeness (QED) is 0.409. The maximum Gasteiger partial charge on any atom is 0.363 e. The summed E-state index contributed by atoms with van der Waals surface area (Å²) in [6, 6.07) is 3.74. The van der Waals surface area contributed by atoms with Gasteiger partial charge in [-0.25, -0.2) is 0 Å². The van der Waals surface area contributed by atoms with E-state index >= 15 is 0 Å². The number of thiophene rings is 1. The number of thiazole rings is 1. The van der Waals surface area contributed by atoms with E-state index in [9.17, 15) is 10.1 Å². The van der Waals surface area contributed by atoms with Gasteiger partial charge in [-0.05, 0) is 16.4 Å². The molecule has 4 aromatic rings. The molecule has 0 amide bonds. The van der Waals surface area contributed by atoms with E-state index in [-0.39, 0.29) is 16.1 Å². The number of fused-ring (bicyclic) bond motifs is 1. The van der Waals surface area contributed by atoms with Crippen LogP contribution in [0, 0.1) is 10.1 Å². The van der Waals surface area contributed by atoms with Gasteiger partial charge in [0.2, 0.25) is 5.03 Å². The van der Waals surface area contributed by atoms with E-state index in [2.05, 4.69) is 15.2 Å². The van der Waals surface area contributed by atoms with Gasteiger partial charge in [0.25, 0.3) is 16.1 Å². The highest BCUT2D eigenvalue weighted by atomic mass is 32.2. The number of rotatable bonds is 4. The van der Waals surface area contributed by atoms with Gasteiger partial charge in [0.15, 0.2) is 0 Å². The van der Waals surface area contributed by atoms with Crippen molar-refractivity contribution in [3.05, 3.63) is 39.2 Å². The first kappa shape index (κ1) is 13.4. The van der Waals surface area contributed by atoms with Crippen molar-refractivity contribution >= 4 is 45.2 Å². The van der Waals surface area contributed by atoms with Crippen molar-refractivity contribution in [2.24, 2.45) is 0 Å². The Balaban J connectivity index is 1.70. The van der Waals surface area contributed by atoms with E-state index in [0.717, 1.165) is 16.6 Å². The van der Waals surface area contributed by atoms with Gasteiger partial charge in [-0.1, -0.05) is 17.4 Å². The fourth-order valence-electron chi connectivity index (χ4n) is 1.82. The molecule has 4 heterocycles. The first-order chi connectivity index (χ1) is 10.7. The molecule has 11 heteroatoms. The number of nitrogens with zero attached hydrogens (tertiary/aromatic N) is 5. The van der Waals surface area contributed by atoms with Gasteiger partial charge in [0, 0.05) is 17.1 Å². The number of hydrogen-bond donors (Lipinski definition) is 0. The third-order valence-electron chi connectivity index (χ3n) is 2.70. The zero-order valence-corrected chi connectivity index (χ0v) is 13.0. The minimum absolute atomic E-state index is 0.0999. The number of nitro groups is 1. The molecule has 4 rings (SSSR count). The second kappa shape index (κ2) is 5.19.